The lowest BCUT2D eigenvalue weighted by Gasteiger charge is -2.37. The fourth-order valence-corrected chi connectivity index (χ4v) is 3.17. The van der Waals surface area contributed by atoms with Crippen LogP contribution in [0.2, 0.25) is 0 Å². The molecule has 1 N–H and O–H groups in total. The van der Waals surface area contributed by atoms with Gasteiger partial charge in [-0.15, -0.1) is 0 Å². The summed E-state index contributed by atoms with van der Waals surface area (Å²) in [5.41, 5.74) is 0.245. The van der Waals surface area contributed by atoms with E-state index in [1.165, 1.54) is 45.2 Å². The first-order valence-corrected chi connectivity index (χ1v) is 8.12. The van der Waals surface area contributed by atoms with Crippen molar-refractivity contribution in [3.63, 3.8) is 0 Å². The molecule has 0 amide bonds. The molecule has 0 aromatic rings. The van der Waals surface area contributed by atoms with Gasteiger partial charge in [-0.1, -0.05) is 0 Å². The standard InChI is InChI=1S/C16H32N2O/c1-16(2,3)17-11-14-7-6-9-18(12-14)13-15-8-4-5-10-19-15/h14-15,17H,4-13H2,1-3H3. The lowest BCUT2D eigenvalue weighted by atomic mass is 9.96. The van der Waals surface area contributed by atoms with Crippen LogP contribution < -0.4 is 5.32 Å². The number of hydrogen-bond donors (Lipinski definition) is 1. The van der Waals surface area contributed by atoms with Gasteiger partial charge in [0.25, 0.3) is 0 Å². The normalized spacial score (nSPS) is 30.5. The summed E-state index contributed by atoms with van der Waals surface area (Å²) in [4.78, 5) is 2.63. The summed E-state index contributed by atoms with van der Waals surface area (Å²) < 4.78 is 5.87. The van der Waals surface area contributed by atoms with Crippen molar-refractivity contribution in [2.24, 2.45) is 5.92 Å². The van der Waals surface area contributed by atoms with E-state index in [9.17, 15) is 0 Å². The highest BCUT2D eigenvalue weighted by molar-refractivity contribution is 4.80. The molecule has 112 valence electrons. The van der Waals surface area contributed by atoms with E-state index in [0.29, 0.717) is 6.10 Å². The van der Waals surface area contributed by atoms with Crippen molar-refractivity contribution in [2.75, 3.05) is 32.8 Å². The van der Waals surface area contributed by atoms with Crippen LogP contribution in [0, 0.1) is 5.92 Å². The molecule has 0 spiro atoms. The molecule has 2 rings (SSSR count). The van der Waals surface area contributed by atoms with Gasteiger partial charge in [-0.2, -0.15) is 0 Å². The van der Waals surface area contributed by atoms with Crippen molar-refractivity contribution in [2.45, 2.75) is 64.5 Å². The van der Waals surface area contributed by atoms with E-state index in [4.69, 9.17) is 4.74 Å². The van der Waals surface area contributed by atoms with Crippen LogP contribution in [0.1, 0.15) is 52.9 Å². The van der Waals surface area contributed by atoms with Gasteiger partial charge in [0.15, 0.2) is 0 Å². The Bertz CT molecular complexity index is 256. The zero-order valence-electron chi connectivity index (χ0n) is 13.1. The van der Waals surface area contributed by atoms with E-state index < -0.39 is 0 Å². The Kier molecular flexibility index (Phi) is 5.67. The van der Waals surface area contributed by atoms with Crippen LogP contribution in [0.25, 0.3) is 0 Å². The average Bonchev–Trinajstić information content (AvgIpc) is 2.37. The highest BCUT2D eigenvalue weighted by Gasteiger charge is 2.24. The molecule has 0 bridgehead atoms. The monoisotopic (exact) mass is 268 g/mol. The molecular weight excluding hydrogens is 236 g/mol. The van der Waals surface area contributed by atoms with Gasteiger partial charge in [0.2, 0.25) is 0 Å². The number of nitrogens with one attached hydrogen (secondary N) is 1. The smallest absolute Gasteiger partial charge is 0.0702 e. The molecule has 0 aromatic carbocycles. The minimum atomic E-state index is 0.245. The summed E-state index contributed by atoms with van der Waals surface area (Å²) >= 11 is 0. The minimum Gasteiger partial charge on any atom is -0.377 e. The van der Waals surface area contributed by atoms with Gasteiger partial charge in [-0.3, -0.25) is 0 Å². The van der Waals surface area contributed by atoms with E-state index in [1.54, 1.807) is 0 Å². The molecule has 2 fully saturated rings. The average molecular weight is 268 g/mol. The Hall–Kier alpha value is -0.120. The molecule has 2 saturated heterocycles. The van der Waals surface area contributed by atoms with E-state index >= 15 is 0 Å². The largest absolute Gasteiger partial charge is 0.377 e. The Balaban J connectivity index is 1.70. The molecule has 2 aliphatic rings. The minimum absolute atomic E-state index is 0.245. The van der Waals surface area contributed by atoms with Crippen molar-refractivity contribution in [1.82, 2.24) is 10.2 Å². The van der Waals surface area contributed by atoms with E-state index in [0.717, 1.165) is 25.6 Å². The second-order valence-electron chi connectivity index (χ2n) is 7.39. The molecule has 0 radical (unpaired) electrons. The second-order valence-corrected chi connectivity index (χ2v) is 7.39. The highest BCUT2D eigenvalue weighted by Crippen LogP contribution is 2.20. The molecule has 2 aliphatic heterocycles. The van der Waals surface area contributed by atoms with Gasteiger partial charge in [0.05, 0.1) is 6.10 Å². The third-order valence-corrected chi connectivity index (χ3v) is 4.26. The molecule has 2 atom stereocenters. The fraction of sp³-hybridized carbons (Fsp3) is 1.00. The molecule has 2 unspecified atom stereocenters. The number of rotatable bonds is 4. The van der Waals surface area contributed by atoms with Crippen LogP contribution in [-0.4, -0.2) is 49.3 Å². The number of ether oxygens (including phenoxy) is 1. The van der Waals surface area contributed by atoms with E-state index in [2.05, 4.69) is 31.0 Å². The third-order valence-electron chi connectivity index (χ3n) is 4.26. The van der Waals surface area contributed by atoms with Crippen molar-refractivity contribution in [3.05, 3.63) is 0 Å². The van der Waals surface area contributed by atoms with E-state index in [1.807, 2.05) is 0 Å². The van der Waals surface area contributed by atoms with Gasteiger partial charge in [-0.05, 0) is 71.9 Å². The van der Waals surface area contributed by atoms with Crippen LogP contribution in [0.15, 0.2) is 0 Å². The Morgan fingerprint density at radius 1 is 1.16 bits per heavy atom. The Morgan fingerprint density at radius 2 is 2.00 bits per heavy atom. The third kappa shape index (κ3) is 5.80. The van der Waals surface area contributed by atoms with Crippen LogP contribution in [-0.2, 0) is 4.74 Å². The molecule has 2 heterocycles. The molecular formula is C16H32N2O. The molecule has 0 aromatic heterocycles. The van der Waals surface area contributed by atoms with Crippen molar-refractivity contribution < 1.29 is 4.74 Å². The van der Waals surface area contributed by atoms with Crippen LogP contribution in [0.5, 0.6) is 0 Å². The molecule has 3 nitrogen and oxygen atoms in total. The second kappa shape index (κ2) is 7.05. The lowest BCUT2D eigenvalue weighted by Crippen LogP contribution is -2.46. The number of hydrogen-bond acceptors (Lipinski definition) is 3. The number of piperidine rings is 1. The summed E-state index contributed by atoms with van der Waals surface area (Å²) in [5, 5.41) is 3.66. The molecule has 0 saturated carbocycles. The van der Waals surface area contributed by atoms with Gasteiger partial charge in [0.1, 0.15) is 0 Å². The zero-order chi connectivity index (χ0) is 13.7. The van der Waals surface area contributed by atoms with Gasteiger partial charge in [0, 0.05) is 25.2 Å². The summed E-state index contributed by atoms with van der Waals surface area (Å²) in [6.07, 6.45) is 7.11. The summed E-state index contributed by atoms with van der Waals surface area (Å²) in [5.74, 6) is 0.816. The number of nitrogens with zero attached hydrogens (tertiary/aromatic N) is 1. The van der Waals surface area contributed by atoms with Gasteiger partial charge < -0.3 is 15.0 Å². The topological polar surface area (TPSA) is 24.5 Å². The lowest BCUT2D eigenvalue weighted by molar-refractivity contribution is -0.0129. The first-order chi connectivity index (χ1) is 9.03. The first-order valence-electron chi connectivity index (χ1n) is 8.12. The molecule has 0 aliphatic carbocycles. The quantitative estimate of drug-likeness (QED) is 0.848. The maximum absolute atomic E-state index is 5.87. The van der Waals surface area contributed by atoms with E-state index in [-0.39, 0.29) is 5.54 Å². The summed E-state index contributed by atoms with van der Waals surface area (Å²) in [6, 6.07) is 0. The van der Waals surface area contributed by atoms with Crippen LogP contribution in [0.4, 0.5) is 0 Å². The summed E-state index contributed by atoms with van der Waals surface area (Å²) in [6.45, 7) is 12.6. The number of likely N-dealkylation sites (tertiary alicyclic amines) is 1. The van der Waals surface area contributed by atoms with Crippen molar-refractivity contribution in [1.29, 1.82) is 0 Å². The van der Waals surface area contributed by atoms with Crippen LogP contribution in [0.3, 0.4) is 0 Å². The predicted octanol–water partition coefficient (Wildman–Crippen LogP) is 2.66. The van der Waals surface area contributed by atoms with Gasteiger partial charge >= 0.3 is 0 Å². The first kappa shape index (κ1) is 15.3. The Morgan fingerprint density at radius 3 is 2.68 bits per heavy atom. The molecule has 19 heavy (non-hydrogen) atoms. The maximum Gasteiger partial charge on any atom is 0.0702 e. The fourth-order valence-electron chi connectivity index (χ4n) is 3.17. The maximum atomic E-state index is 5.87. The predicted molar refractivity (Wildman–Crippen MR) is 80.5 cm³/mol. The van der Waals surface area contributed by atoms with Crippen LogP contribution >= 0.6 is 0 Å². The van der Waals surface area contributed by atoms with Gasteiger partial charge in [-0.25, -0.2) is 0 Å². The van der Waals surface area contributed by atoms with Crippen molar-refractivity contribution >= 4 is 0 Å². The zero-order valence-corrected chi connectivity index (χ0v) is 13.1. The molecule has 3 heteroatoms. The Labute approximate surface area is 119 Å². The van der Waals surface area contributed by atoms with Crippen molar-refractivity contribution in [3.8, 4) is 0 Å². The summed E-state index contributed by atoms with van der Waals surface area (Å²) in [7, 11) is 0. The SMILES string of the molecule is CC(C)(C)NCC1CCCN(CC2CCCCO2)C1. The highest BCUT2D eigenvalue weighted by atomic mass is 16.5.